The first-order chi connectivity index (χ1) is 14.3. The van der Waals surface area contributed by atoms with Crippen molar-refractivity contribution in [2.45, 2.75) is 52.1 Å². The lowest BCUT2D eigenvalue weighted by molar-refractivity contribution is -0.385. The second kappa shape index (κ2) is 7.47. The van der Waals surface area contributed by atoms with Gasteiger partial charge in [-0.1, -0.05) is 0 Å². The predicted octanol–water partition coefficient (Wildman–Crippen LogP) is 3.24. The summed E-state index contributed by atoms with van der Waals surface area (Å²) in [5.74, 6) is -1.07. The van der Waals surface area contributed by atoms with Crippen molar-refractivity contribution in [3.8, 4) is 11.5 Å². The first kappa shape index (κ1) is 19.9. The normalized spacial score (nSPS) is 20.3. The number of nitrogens with one attached hydrogen (secondary N) is 1. The molecule has 0 amide bonds. The topological polar surface area (TPSA) is 117 Å². The third-order valence-electron chi connectivity index (χ3n) is 5.37. The maximum atomic E-state index is 13.0. The minimum atomic E-state index is -0.921. The first-order valence-corrected chi connectivity index (χ1v) is 9.80. The van der Waals surface area contributed by atoms with Gasteiger partial charge in [0.15, 0.2) is 17.3 Å². The third-order valence-corrected chi connectivity index (χ3v) is 5.37. The molecule has 9 nitrogen and oxygen atoms in total. The number of ketones is 1. The molecular weight excluding hydrogens is 392 g/mol. The molecule has 0 bridgehead atoms. The Bertz CT molecular complexity index is 1020. The number of nitrogens with zero attached hydrogens (tertiary/aromatic N) is 1. The molecule has 1 aromatic rings. The van der Waals surface area contributed by atoms with Crippen molar-refractivity contribution in [3.63, 3.8) is 0 Å². The molecule has 3 aliphatic rings. The van der Waals surface area contributed by atoms with Crippen LogP contribution in [0.1, 0.15) is 51.5 Å². The molecule has 0 spiro atoms. The van der Waals surface area contributed by atoms with E-state index in [1.807, 2.05) is 0 Å². The molecule has 1 aromatic carbocycles. The highest BCUT2D eigenvalue weighted by atomic mass is 16.7. The zero-order valence-electron chi connectivity index (χ0n) is 16.9. The van der Waals surface area contributed by atoms with Gasteiger partial charge in [0, 0.05) is 29.0 Å². The Balaban J connectivity index is 1.95. The highest BCUT2D eigenvalue weighted by molar-refractivity contribution is 6.04. The van der Waals surface area contributed by atoms with Crippen molar-refractivity contribution >= 4 is 17.4 Å². The summed E-state index contributed by atoms with van der Waals surface area (Å²) in [6.45, 7) is 5.11. The number of esters is 1. The number of dihydropyridines is 1. The Hall–Kier alpha value is -3.36. The fourth-order valence-electron chi connectivity index (χ4n) is 4.18. The van der Waals surface area contributed by atoms with Crippen molar-refractivity contribution in [1.82, 2.24) is 5.32 Å². The van der Waals surface area contributed by atoms with Crippen LogP contribution in [0.5, 0.6) is 11.5 Å². The van der Waals surface area contributed by atoms with Gasteiger partial charge in [0.05, 0.1) is 28.6 Å². The highest BCUT2D eigenvalue weighted by Crippen LogP contribution is 2.48. The lowest BCUT2D eigenvalue weighted by Gasteiger charge is -2.34. The van der Waals surface area contributed by atoms with Crippen LogP contribution in [-0.2, 0) is 14.3 Å². The summed E-state index contributed by atoms with van der Waals surface area (Å²) in [6, 6.07) is 2.78. The molecule has 1 aliphatic carbocycles. The van der Waals surface area contributed by atoms with E-state index in [4.69, 9.17) is 14.2 Å². The standard InChI is InChI=1S/C21H22N2O7/c1-10(2)30-21(25)18-11(3)22-13-5-4-6-15(24)20(13)19(18)12-7-16-17(29-9-28-16)8-14(12)23(26)27/h7-8,10,19,22H,4-6,9H2,1-3H3/t19-/m0/s1. The summed E-state index contributed by atoms with van der Waals surface area (Å²) < 4.78 is 16.1. The maximum Gasteiger partial charge on any atom is 0.337 e. The van der Waals surface area contributed by atoms with E-state index in [0.717, 1.165) is 0 Å². The molecule has 30 heavy (non-hydrogen) atoms. The number of nitro groups is 1. The molecule has 9 heteroatoms. The predicted molar refractivity (Wildman–Crippen MR) is 105 cm³/mol. The van der Waals surface area contributed by atoms with Gasteiger partial charge in [0.2, 0.25) is 6.79 Å². The van der Waals surface area contributed by atoms with Gasteiger partial charge in [0.25, 0.3) is 5.69 Å². The van der Waals surface area contributed by atoms with Crippen LogP contribution in [0.3, 0.4) is 0 Å². The molecular formula is C21H22N2O7. The molecule has 2 heterocycles. The summed E-state index contributed by atoms with van der Waals surface area (Å²) in [5, 5.41) is 15.1. The fourth-order valence-corrected chi connectivity index (χ4v) is 4.18. The number of hydrogen-bond acceptors (Lipinski definition) is 8. The molecule has 158 valence electrons. The Morgan fingerprint density at radius 2 is 1.97 bits per heavy atom. The summed E-state index contributed by atoms with van der Waals surface area (Å²) in [7, 11) is 0. The summed E-state index contributed by atoms with van der Waals surface area (Å²) >= 11 is 0. The van der Waals surface area contributed by atoms with Crippen LogP contribution >= 0.6 is 0 Å². The van der Waals surface area contributed by atoms with E-state index in [-0.39, 0.29) is 41.3 Å². The number of fused-ring (bicyclic) bond motifs is 1. The van der Waals surface area contributed by atoms with Gasteiger partial charge in [-0.3, -0.25) is 14.9 Å². The Kier molecular flexibility index (Phi) is 4.97. The van der Waals surface area contributed by atoms with E-state index in [1.165, 1.54) is 12.1 Å². The molecule has 2 aliphatic heterocycles. The fraction of sp³-hybridized carbons (Fsp3) is 0.429. The Morgan fingerprint density at radius 1 is 1.27 bits per heavy atom. The SMILES string of the molecule is CC1=C(C(=O)OC(C)C)[C@H](c2cc3c(cc2[N+](=O)[O-])OCO3)C2=C(CCCC2=O)N1. The molecule has 1 atom stereocenters. The minimum Gasteiger partial charge on any atom is -0.460 e. The van der Waals surface area contributed by atoms with E-state index in [2.05, 4.69) is 5.32 Å². The molecule has 0 radical (unpaired) electrons. The van der Waals surface area contributed by atoms with Crippen LogP contribution in [0.25, 0.3) is 0 Å². The average molecular weight is 414 g/mol. The summed E-state index contributed by atoms with van der Waals surface area (Å²) in [6.07, 6.45) is 1.24. The number of benzene rings is 1. The van der Waals surface area contributed by atoms with Gasteiger partial charge in [-0.15, -0.1) is 0 Å². The van der Waals surface area contributed by atoms with E-state index in [9.17, 15) is 19.7 Å². The number of carbonyl (C=O) groups is 2. The van der Waals surface area contributed by atoms with Gasteiger partial charge < -0.3 is 19.5 Å². The van der Waals surface area contributed by atoms with Crippen LogP contribution < -0.4 is 14.8 Å². The van der Waals surface area contributed by atoms with Gasteiger partial charge in [-0.05, 0) is 39.7 Å². The molecule has 0 fully saturated rings. The van der Waals surface area contributed by atoms with Crippen molar-refractivity contribution < 1.29 is 28.7 Å². The number of carbonyl (C=O) groups excluding carboxylic acids is 2. The summed E-state index contributed by atoms with van der Waals surface area (Å²) in [4.78, 5) is 37.3. The third kappa shape index (κ3) is 3.30. The molecule has 0 saturated carbocycles. The second-order valence-electron chi connectivity index (χ2n) is 7.74. The molecule has 0 unspecified atom stereocenters. The van der Waals surface area contributed by atoms with Crippen molar-refractivity contribution in [2.24, 2.45) is 0 Å². The monoisotopic (exact) mass is 414 g/mol. The molecule has 4 rings (SSSR count). The van der Waals surface area contributed by atoms with E-state index >= 15 is 0 Å². The Morgan fingerprint density at radius 3 is 2.63 bits per heavy atom. The molecule has 1 N–H and O–H groups in total. The number of ether oxygens (including phenoxy) is 3. The van der Waals surface area contributed by atoms with Gasteiger partial charge in [-0.25, -0.2) is 4.79 Å². The Labute approximate surface area is 172 Å². The number of hydrogen-bond donors (Lipinski definition) is 1. The maximum absolute atomic E-state index is 13.0. The zero-order valence-corrected chi connectivity index (χ0v) is 16.9. The lowest BCUT2D eigenvalue weighted by Crippen LogP contribution is -2.35. The van der Waals surface area contributed by atoms with Crippen LogP contribution in [-0.4, -0.2) is 29.6 Å². The number of Topliss-reactive ketones (excluding diaryl/α,β-unsaturated/α-hetero) is 1. The van der Waals surface area contributed by atoms with Crippen molar-refractivity contribution in [3.05, 3.63) is 50.4 Å². The zero-order chi connectivity index (χ0) is 21.6. The largest absolute Gasteiger partial charge is 0.460 e. The van der Waals surface area contributed by atoms with Gasteiger partial charge in [0.1, 0.15) is 0 Å². The average Bonchev–Trinajstić information content (AvgIpc) is 3.12. The van der Waals surface area contributed by atoms with Crippen molar-refractivity contribution in [2.75, 3.05) is 6.79 Å². The second-order valence-corrected chi connectivity index (χ2v) is 7.74. The number of allylic oxidation sites excluding steroid dienone is 3. The number of rotatable bonds is 4. The van der Waals surface area contributed by atoms with E-state index in [0.29, 0.717) is 42.0 Å². The van der Waals surface area contributed by atoms with Crippen LogP contribution in [0, 0.1) is 10.1 Å². The highest BCUT2D eigenvalue weighted by Gasteiger charge is 2.43. The van der Waals surface area contributed by atoms with Crippen LogP contribution in [0.2, 0.25) is 0 Å². The first-order valence-electron chi connectivity index (χ1n) is 9.80. The summed E-state index contributed by atoms with van der Waals surface area (Å²) in [5.41, 5.74) is 1.76. The number of nitro benzene ring substituents is 1. The van der Waals surface area contributed by atoms with Gasteiger partial charge >= 0.3 is 5.97 Å². The molecule has 0 saturated heterocycles. The van der Waals surface area contributed by atoms with Crippen molar-refractivity contribution in [1.29, 1.82) is 0 Å². The van der Waals surface area contributed by atoms with Gasteiger partial charge in [-0.2, -0.15) is 0 Å². The van der Waals surface area contributed by atoms with Crippen LogP contribution in [0.15, 0.2) is 34.7 Å². The lowest BCUT2D eigenvalue weighted by atomic mass is 9.74. The van der Waals surface area contributed by atoms with E-state index in [1.54, 1.807) is 20.8 Å². The molecule has 0 aromatic heterocycles. The minimum absolute atomic E-state index is 0.0494. The smallest absolute Gasteiger partial charge is 0.337 e. The quantitative estimate of drug-likeness (QED) is 0.453. The van der Waals surface area contributed by atoms with Crippen LogP contribution in [0.4, 0.5) is 5.69 Å². The van der Waals surface area contributed by atoms with E-state index < -0.39 is 16.8 Å².